The number of rotatable bonds is 5. The minimum absolute atomic E-state index is 0.405. The van der Waals surface area contributed by atoms with Crippen LogP contribution < -0.4 is 10.2 Å². The molecule has 0 aliphatic rings. The summed E-state index contributed by atoms with van der Waals surface area (Å²) in [6.45, 7) is 5.05. The minimum atomic E-state index is 0.405. The summed E-state index contributed by atoms with van der Waals surface area (Å²) in [7, 11) is 4.11. The molecule has 102 valence electrons. The molecule has 0 unspecified atom stereocenters. The van der Waals surface area contributed by atoms with Gasteiger partial charge in [0.05, 0.1) is 17.6 Å². The Kier molecular flexibility index (Phi) is 4.10. The maximum Gasteiger partial charge on any atom is 0.0596 e. The average Bonchev–Trinajstić information content (AvgIpc) is 2.85. The summed E-state index contributed by atoms with van der Waals surface area (Å²) in [5.41, 5.74) is 3.53. The molecule has 4 heteroatoms. The highest BCUT2D eigenvalue weighted by atomic mass is 15.3. The Bertz CT molecular complexity index is 528. The van der Waals surface area contributed by atoms with E-state index in [9.17, 15) is 0 Å². The Labute approximate surface area is 115 Å². The second-order valence-electron chi connectivity index (χ2n) is 5.19. The van der Waals surface area contributed by atoms with E-state index < -0.39 is 0 Å². The lowest BCUT2D eigenvalue weighted by Gasteiger charge is -2.18. The first kappa shape index (κ1) is 13.5. The number of anilines is 2. The Morgan fingerprint density at radius 3 is 2.63 bits per heavy atom. The van der Waals surface area contributed by atoms with E-state index in [2.05, 4.69) is 67.7 Å². The zero-order valence-corrected chi connectivity index (χ0v) is 12.1. The Morgan fingerprint density at radius 1 is 1.26 bits per heavy atom. The van der Waals surface area contributed by atoms with E-state index in [1.807, 2.05) is 16.9 Å². The molecule has 0 aliphatic heterocycles. The van der Waals surface area contributed by atoms with Crippen molar-refractivity contribution < 1.29 is 0 Å². The number of benzene rings is 1. The summed E-state index contributed by atoms with van der Waals surface area (Å²) < 4.78 is 1.98. The molecule has 19 heavy (non-hydrogen) atoms. The molecule has 2 aromatic rings. The maximum absolute atomic E-state index is 4.35. The second-order valence-corrected chi connectivity index (χ2v) is 5.19. The summed E-state index contributed by atoms with van der Waals surface area (Å²) >= 11 is 0. The van der Waals surface area contributed by atoms with Gasteiger partial charge < -0.3 is 10.2 Å². The standard InChI is InChI=1S/C15H22N4/c1-12(2)19-11-13(10-17-19)9-16-14-7-5-6-8-15(14)18(3)4/h5-8,10-12,16H,9H2,1-4H3. The molecule has 0 saturated heterocycles. The predicted molar refractivity (Wildman–Crippen MR) is 80.7 cm³/mol. The summed E-state index contributed by atoms with van der Waals surface area (Å²) in [6, 6.07) is 8.72. The molecule has 1 N–H and O–H groups in total. The number of nitrogens with one attached hydrogen (secondary N) is 1. The van der Waals surface area contributed by atoms with Crippen molar-refractivity contribution in [1.29, 1.82) is 0 Å². The molecule has 1 aromatic heterocycles. The van der Waals surface area contributed by atoms with E-state index in [1.165, 1.54) is 11.3 Å². The number of hydrogen-bond acceptors (Lipinski definition) is 3. The van der Waals surface area contributed by atoms with Crippen molar-refractivity contribution in [2.75, 3.05) is 24.3 Å². The molecule has 2 rings (SSSR count). The third kappa shape index (κ3) is 3.28. The van der Waals surface area contributed by atoms with Crippen LogP contribution in [-0.2, 0) is 6.54 Å². The van der Waals surface area contributed by atoms with Gasteiger partial charge in [0.1, 0.15) is 0 Å². The van der Waals surface area contributed by atoms with Crippen molar-refractivity contribution in [3.05, 3.63) is 42.2 Å². The van der Waals surface area contributed by atoms with Crippen LogP contribution >= 0.6 is 0 Å². The molecule has 1 aromatic carbocycles. The summed E-state index contributed by atoms with van der Waals surface area (Å²) in [6.07, 6.45) is 4.02. The van der Waals surface area contributed by atoms with Gasteiger partial charge in [-0.05, 0) is 26.0 Å². The van der Waals surface area contributed by atoms with Crippen molar-refractivity contribution >= 4 is 11.4 Å². The fraction of sp³-hybridized carbons (Fsp3) is 0.400. The van der Waals surface area contributed by atoms with E-state index in [1.54, 1.807) is 0 Å². The summed E-state index contributed by atoms with van der Waals surface area (Å²) in [4.78, 5) is 2.11. The molecular formula is C15H22N4. The third-order valence-electron chi connectivity index (χ3n) is 3.05. The molecule has 0 atom stereocenters. The van der Waals surface area contributed by atoms with Crippen LogP contribution in [0.1, 0.15) is 25.5 Å². The Morgan fingerprint density at radius 2 is 2.00 bits per heavy atom. The SMILES string of the molecule is CC(C)n1cc(CNc2ccccc2N(C)C)cn1. The quantitative estimate of drug-likeness (QED) is 0.894. The fourth-order valence-electron chi connectivity index (χ4n) is 1.96. The van der Waals surface area contributed by atoms with Gasteiger partial charge in [0.2, 0.25) is 0 Å². The van der Waals surface area contributed by atoms with E-state index >= 15 is 0 Å². The number of para-hydroxylation sites is 2. The smallest absolute Gasteiger partial charge is 0.0596 e. The molecule has 0 bridgehead atoms. The van der Waals surface area contributed by atoms with Gasteiger partial charge in [-0.25, -0.2) is 0 Å². The zero-order chi connectivity index (χ0) is 13.8. The molecular weight excluding hydrogens is 236 g/mol. The first-order valence-electron chi connectivity index (χ1n) is 6.61. The molecule has 0 fully saturated rings. The number of nitrogens with zero attached hydrogens (tertiary/aromatic N) is 3. The van der Waals surface area contributed by atoms with Crippen LogP contribution in [0.5, 0.6) is 0 Å². The first-order chi connectivity index (χ1) is 9.08. The average molecular weight is 258 g/mol. The zero-order valence-electron chi connectivity index (χ0n) is 12.1. The minimum Gasteiger partial charge on any atom is -0.379 e. The van der Waals surface area contributed by atoms with Gasteiger partial charge in [0.25, 0.3) is 0 Å². The first-order valence-corrected chi connectivity index (χ1v) is 6.61. The number of aromatic nitrogens is 2. The Balaban J connectivity index is 2.06. The van der Waals surface area contributed by atoms with Gasteiger partial charge in [0, 0.05) is 38.4 Å². The molecule has 0 saturated carbocycles. The van der Waals surface area contributed by atoms with Gasteiger partial charge in [-0.15, -0.1) is 0 Å². The van der Waals surface area contributed by atoms with Crippen LogP contribution in [0, 0.1) is 0 Å². The predicted octanol–water partition coefficient (Wildman–Crippen LogP) is 3.14. The monoisotopic (exact) mass is 258 g/mol. The van der Waals surface area contributed by atoms with Crippen molar-refractivity contribution in [2.45, 2.75) is 26.4 Å². The van der Waals surface area contributed by atoms with Crippen molar-refractivity contribution in [3.63, 3.8) is 0 Å². The van der Waals surface area contributed by atoms with Crippen LogP contribution in [0.3, 0.4) is 0 Å². The van der Waals surface area contributed by atoms with Gasteiger partial charge in [-0.1, -0.05) is 12.1 Å². The van der Waals surface area contributed by atoms with Crippen molar-refractivity contribution in [2.24, 2.45) is 0 Å². The van der Waals surface area contributed by atoms with Gasteiger partial charge in [-0.3, -0.25) is 4.68 Å². The highest BCUT2D eigenvalue weighted by Gasteiger charge is 2.05. The lowest BCUT2D eigenvalue weighted by Crippen LogP contribution is -2.11. The van der Waals surface area contributed by atoms with Crippen LogP contribution in [0.4, 0.5) is 11.4 Å². The second kappa shape index (κ2) is 5.78. The molecule has 1 heterocycles. The maximum atomic E-state index is 4.35. The summed E-state index contributed by atoms with van der Waals surface area (Å²) in [5.74, 6) is 0. The molecule has 0 radical (unpaired) electrons. The fourth-order valence-corrected chi connectivity index (χ4v) is 1.96. The lowest BCUT2D eigenvalue weighted by atomic mass is 10.2. The molecule has 0 spiro atoms. The normalized spacial score (nSPS) is 10.8. The van der Waals surface area contributed by atoms with Crippen molar-refractivity contribution in [1.82, 2.24) is 9.78 Å². The largest absolute Gasteiger partial charge is 0.379 e. The van der Waals surface area contributed by atoms with E-state index in [-0.39, 0.29) is 0 Å². The van der Waals surface area contributed by atoms with Gasteiger partial charge in [0.15, 0.2) is 0 Å². The molecule has 4 nitrogen and oxygen atoms in total. The highest BCUT2D eigenvalue weighted by Crippen LogP contribution is 2.23. The van der Waals surface area contributed by atoms with E-state index in [4.69, 9.17) is 0 Å². The number of hydrogen-bond donors (Lipinski definition) is 1. The molecule has 0 aliphatic carbocycles. The van der Waals surface area contributed by atoms with Crippen LogP contribution in [0.15, 0.2) is 36.7 Å². The molecule has 0 amide bonds. The van der Waals surface area contributed by atoms with Gasteiger partial charge >= 0.3 is 0 Å². The van der Waals surface area contributed by atoms with Crippen LogP contribution in [0.25, 0.3) is 0 Å². The van der Waals surface area contributed by atoms with Crippen LogP contribution in [-0.4, -0.2) is 23.9 Å². The summed E-state index contributed by atoms with van der Waals surface area (Å²) in [5, 5.41) is 7.82. The van der Waals surface area contributed by atoms with E-state index in [0.717, 1.165) is 12.2 Å². The van der Waals surface area contributed by atoms with Crippen molar-refractivity contribution in [3.8, 4) is 0 Å². The topological polar surface area (TPSA) is 33.1 Å². The van der Waals surface area contributed by atoms with E-state index in [0.29, 0.717) is 6.04 Å². The van der Waals surface area contributed by atoms with Gasteiger partial charge in [-0.2, -0.15) is 5.10 Å². The lowest BCUT2D eigenvalue weighted by molar-refractivity contribution is 0.532. The Hall–Kier alpha value is -1.97. The highest BCUT2D eigenvalue weighted by molar-refractivity contribution is 5.69. The van der Waals surface area contributed by atoms with Crippen LogP contribution in [0.2, 0.25) is 0 Å². The third-order valence-corrected chi connectivity index (χ3v) is 3.05.